The topological polar surface area (TPSA) is 49.8 Å². The van der Waals surface area contributed by atoms with Crippen molar-refractivity contribution in [2.75, 3.05) is 26.3 Å². The Balaban J connectivity index is 1.73. The van der Waals surface area contributed by atoms with Crippen LogP contribution in [0.2, 0.25) is 0 Å². The number of hydrogen-bond acceptors (Lipinski definition) is 3. The summed E-state index contributed by atoms with van der Waals surface area (Å²) in [6.07, 6.45) is 2.31. The van der Waals surface area contributed by atoms with Crippen LogP contribution >= 0.6 is 0 Å². The molecule has 2 aliphatic rings. The summed E-state index contributed by atoms with van der Waals surface area (Å²) in [6.45, 7) is 6.23. The molecule has 4 nitrogen and oxygen atoms in total. The molecule has 2 atom stereocenters. The molecule has 1 aromatic carbocycles. The lowest BCUT2D eigenvalue weighted by Crippen LogP contribution is -2.56. The number of aryl methyl sites for hydroxylation is 1. The van der Waals surface area contributed by atoms with Crippen LogP contribution in [-0.4, -0.2) is 47.8 Å². The SMILES string of the molecule is Cc1ccc(F)cc1C(=O)N1CC[C@@](O)(C2CCOCC2)[C@H](C)C1. The van der Waals surface area contributed by atoms with Gasteiger partial charge in [-0.25, -0.2) is 4.39 Å². The number of ether oxygens (including phenoxy) is 1. The summed E-state index contributed by atoms with van der Waals surface area (Å²) in [5.74, 6) is -0.317. The van der Waals surface area contributed by atoms with E-state index >= 15 is 0 Å². The molecule has 2 aliphatic heterocycles. The van der Waals surface area contributed by atoms with Gasteiger partial charge in [0.2, 0.25) is 0 Å². The number of hydrogen-bond donors (Lipinski definition) is 1. The molecule has 3 rings (SSSR count). The van der Waals surface area contributed by atoms with E-state index in [-0.39, 0.29) is 17.7 Å². The average Bonchev–Trinajstić information content (AvgIpc) is 2.59. The van der Waals surface area contributed by atoms with E-state index in [1.807, 2.05) is 13.8 Å². The Kier molecular flexibility index (Phi) is 4.92. The second-order valence-electron chi connectivity index (χ2n) is 7.24. The highest BCUT2D eigenvalue weighted by atomic mass is 19.1. The van der Waals surface area contributed by atoms with E-state index in [9.17, 15) is 14.3 Å². The van der Waals surface area contributed by atoms with Crippen molar-refractivity contribution in [1.82, 2.24) is 4.90 Å². The second kappa shape index (κ2) is 6.81. The molecule has 2 heterocycles. The maximum absolute atomic E-state index is 13.5. The minimum Gasteiger partial charge on any atom is -0.389 e. The Labute approximate surface area is 142 Å². The summed E-state index contributed by atoms with van der Waals surface area (Å²) in [7, 11) is 0. The van der Waals surface area contributed by atoms with Gasteiger partial charge in [-0.2, -0.15) is 0 Å². The summed E-state index contributed by atoms with van der Waals surface area (Å²) in [6, 6.07) is 4.31. The molecular weight excluding hydrogens is 309 g/mol. The fraction of sp³-hybridized carbons (Fsp3) is 0.632. The van der Waals surface area contributed by atoms with Gasteiger partial charge in [-0.1, -0.05) is 13.0 Å². The third kappa shape index (κ3) is 3.20. The summed E-state index contributed by atoms with van der Waals surface area (Å²) >= 11 is 0. The lowest BCUT2D eigenvalue weighted by atomic mass is 9.70. The summed E-state index contributed by atoms with van der Waals surface area (Å²) < 4.78 is 18.9. The fourth-order valence-corrected chi connectivity index (χ4v) is 4.12. The van der Waals surface area contributed by atoms with E-state index in [1.54, 1.807) is 11.0 Å². The molecule has 132 valence electrons. The van der Waals surface area contributed by atoms with Crippen LogP contribution in [0.3, 0.4) is 0 Å². The van der Waals surface area contributed by atoms with Crippen LogP contribution in [0.5, 0.6) is 0 Å². The van der Waals surface area contributed by atoms with Crippen molar-refractivity contribution in [3.63, 3.8) is 0 Å². The molecule has 0 aromatic heterocycles. The maximum Gasteiger partial charge on any atom is 0.254 e. The molecule has 5 heteroatoms. The number of benzene rings is 1. The van der Waals surface area contributed by atoms with Crippen LogP contribution in [0.15, 0.2) is 18.2 Å². The van der Waals surface area contributed by atoms with E-state index in [1.165, 1.54) is 12.1 Å². The normalized spacial score (nSPS) is 28.8. The standard InChI is InChI=1S/C19H26FNO3/c1-13-3-4-16(20)11-17(13)18(22)21-8-7-19(23,14(2)12-21)15-5-9-24-10-6-15/h3-4,11,14-15,23H,5-10,12H2,1-2H3/t14-,19+/m1/s1. The van der Waals surface area contributed by atoms with Crippen LogP contribution < -0.4 is 0 Å². The summed E-state index contributed by atoms with van der Waals surface area (Å²) in [5, 5.41) is 11.2. The van der Waals surface area contributed by atoms with E-state index in [4.69, 9.17) is 4.74 Å². The molecule has 2 saturated heterocycles. The number of rotatable bonds is 2. The predicted octanol–water partition coefficient (Wildman–Crippen LogP) is 2.77. The molecule has 1 aromatic rings. The molecule has 0 unspecified atom stereocenters. The smallest absolute Gasteiger partial charge is 0.254 e. The predicted molar refractivity (Wildman–Crippen MR) is 89.3 cm³/mol. The third-order valence-corrected chi connectivity index (χ3v) is 5.78. The molecule has 0 bridgehead atoms. The van der Waals surface area contributed by atoms with Gasteiger partial charge < -0.3 is 14.7 Å². The Hall–Kier alpha value is -1.46. The quantitative estimate of drug-likeness (QED) is 0.904. The van der Waals surface area contributed by atoms with Crippen LogP contribution in [-0.2, 0) is 4.74 Å². The molecular formula is C19H26FNO3. The van der Waals surface area contributed by atoms with Crippen molar-refractivity contribution in [3.05, 3.63) is 35.1 Å². The van der Waals surface area contributed by atoms with E-state index in [2.05, 4.69) is 0 Å². The Morgan fingerprint density at radius 3 is 2.75 bits per heavy atom. The lowest BCUT2D eigenvalue weighted by Gasteiger charge is -2.48. The van der Waals surface area contributed by atoms with Crippen LogP contribution in [0, 0.1) is 24.6 Å². The van der Waals surface area contributed by atoms with Gasteiger partial charge in [-0.05, 0) is 49.8 Å². The number of carbonyl (C=O) groups excluding carboxylic acids is 1. The van der Waals surface area contributed by atoms with Gasteiger partial charge in [-0.15, -0.1) is 0 Å². The number of aliphatic hydroxyl groups is 1. The van der Waals surface area contributed by atoms with Crippen molar-refractivity contribution < 1.29 is 19.0 Å². The highest BCUT2D eigenvalue weighted by Gasteiger charge is 2.46. The molecule has 0 spiro atoms. The number of amides is 1. The lowest BCUT2D eigenvalue weighted by molar-refractivity contribution is -0.125. The van der Waals surface area contributed by atoms with Gasteiger partial charge in [0.25, 0.3) is 5.91 Å². The Morgan fingerprint density at radius 1 is 1.38 bits per heavy atom. The van der Waals surface area contributed by atoms with Gasteiger partial charge >= 0.3 is 0 Å². The molecule has 1 amide bonds. The minimum atomic E-state index is -0.739. The minimum absolute atomic E-state index is 0.00725. The van der Waals surface area contributed by atoms with Gasteiger partial charge in [0.1, 0.15) is 5.82 Å². The van der Waals surface area contributed by atoms with Crippen molar-refractivity contribution in [1.29, 1.82) is 0 Å². The first kappa shape index (κ1) is 17.4. The zero-order valence-corrected chi connectivity index (χ0v) is 14.4. The van der Waals surface area contributed by atoms with Gasteiger partial charge in [0.05, 0.1) is 5.60 Å². The second-order valence-corrected chi connectivity index (χ2v) is 7.24. The number of piperidine rings is 1. The molecule has 0 radical (unpaired) electrons. The molecule has 1 N–H and O–H groups in total. The van der Waals surface area contributed by atoms with Crippen molar-refractivity contribution >= 4 is 5.91 Å². The van der Waals surface area contributed by atoms with Gasteiger partial charge in [0.15, 0.2) is 0 Å². The highest BCUT2D eigenvalue weighted by Crippen LogP contribution is 2.39. The first-order chi connectivity index (χ1) is 11.4. The van der Waals surface area contributed by atoms with Crippen molar-refractivity contribution in [3.8, 4) is 0 Å². The Bertz CT molecular complexity index is 615. The fourth-order valence-electron chi connectivity index (χ4n) is 4.12. The highest BCUT2D eigenvalue weighted by molar-refractivity contribution is 5.95. The molecule has 24 heavy (non-hydrogen) atoms. The Morgan fingerprint density at radius 2 is 2.08 bits per heavy atom. The number of carbonyl (C=O) groups is 1. The average molecular weight is 335 g/mol. The van der Waals surface area contributed by atoms with Crippen molar-refractivity contribution in [2.24, 2.45) is 11.8 Å². The number of halogens is 1. The zero-order valence-electron chi connectivity index (χ0n) is 14.4. The monoisotopic (exact) mass is 335 g/mol. The van der Waals surface area contributed by atoms with Gasteiger partial charge in [0, 0.05) is 37.8 Å². The van der Waals surface area contributed by atoms with Crippen molar-refractivity contribution in [2.45, 2.75) is 38.7 Å². The first-order valence-corrected chi connectivity index (χ1v) is 8.77. The summed E-state index contributed by atoms with van der Waals surface area (Å²) in [4.78, 5) is 14.5. The third-order valence-electron chi connectivity index (χ3n) is 5.78. The molecule has 2 fully saturated rings. The van der Waals surface area contributed by atoms with Crippen LogP contribution in [0.1, 0.15) is 42.1 Å². The van der Waals surface area contributed by atoms with Crippen LogP contribution in [0.25, 0.3) is 0 Å². The summed E-state index contributed by atoms with van der Waals surface area (Å²) in [5.41, 5.74) is 0.454. The van der Waals surface area contributed by atoms with Gasteiger partial charge in [-0.3, -0.25) is 4.79 Å². The van der Waals surface area contributed by atoms with E-state index < -0.39 is 11.4 Å². The zero-order chi connectivity index (χ0) is 17.3. The molecule has 0 aliphatic carbocycles. The largest absolute Gasteiger partial charge is 0.389 e. The number of nitrogens with zero attached hydrogens (tertiary/aromatic N) is 1. The maximum atomic E-state index is 13.5. The number of likely N-dealkylation sites (tertiary alicyclic amines) is 1. The van der Waals surface area contributed by atoms with Crippen LogP contribution in [0.4, 0.5) is 4.39 Å². The van der Waals surface area contributed by atoms with E-state index in [0.29, 0.717) is 38.3 Å². The first-order valence-electron chi connectivity index (χ1n) is 8.77. The molecule has 0 saturated carbocycles. The van der Waals surface area contributed by atoms with E-state index in [0.717, 1.165) is 18.4 Å².